The highest BCUT2D eigenvalue weighted by Crippen LogP contribution is 2.26. The Morgan fingerprint density at radius 2 is 1.80 bits per heavy atom. The molecule has 2 aromatic carbocycles. The zero-order chi connectivity index (χ0) is 13.8. The highest BCUT2D eigenvalue weighted by molar-refractivity contribution is 5.85. The molecule has 20 heavy (non-hydrogen) atoms. The van der Waals surface area contributed by atoms with Crippen molar-refractivity contribution in [1.82, 2.24) is 4.98 Å². The minimum absolute atomic E-state index is 0.455. The maximum atomic E-state index is 10.5. The minimum Gasteiger partial charge on any atom is -0.388 e. The molecule has 0 bridgehead atoms. The summed E-state index contributed by atoms with van der Waals surface area (Å²) in [6.07, 6.45) is 4.75. The predicted octanol–water partition coefficient (Wildman–Crippen LogP) is 3.90. The second kappa shape index (κ2) is 5.85. The summed E-state index contributed by atoms with van der Waals surface area (Å²) in [7, 11) is 0. The molecule has 0 spiro atoms. The van der Waals surface area contributed by atoms with Gasteiger partial charge in [-0.15, -0.1) is 0 Å². The van der Waals surface area contributed by atoms with Gasteiger partial charge >= 0.3 is 0 Å². The normalized spacial score (nSPS) is 12.4. The highest BCUT2D eigenvalue weighted by atomic mass is 16.3. The van der Waals surface area contributed by atoms with Crippen molar-refractivity contribution in [2.75, 3.05) is 0 Å². The van der Waals surface area contributed by atoms with E-state index in [4.69, 9.17) is 0 Å². The first kappa shape index (κ1) is 12.8. The Hall–Kier alpha value is -2.19. The van der Waals surface area contributed by atoms with E-state index in [-0.39, 0.29) is 0 Å². The third-order valence-corrected chi connectivity index (χ3v) is 3.63. The predicted molar refractivity (Wildman–Crippen MR) is 81.5 cm³/mol. The topological polar surface area (TPSA) is 33.1 Å². The first-order valence-corrected chi connectivity index (χ1v) is 6.89. The van der Waals surface area contributed by atoms with E-state index < -0.39 is 6.10 Å². The molecule has 0 aliphatic heterocycles. The van der Waals surface area contributed by atoms with Crippen LogP contribution in [0.25, 0.3) is 10.8 Å². The average molecular weight is 263 g/mol. The molecule has 3 aromatic rings. The van der Waals surface area contributed by atoms with E-state index in [0.29, 0.717) is 0 Å². The van der Waals surface area contributed by atoms with Crippen molar-refractivity contribution in [3.63, 3.8) is 0 Å². The summed E-state index contributed by atoms with van der Waals surface area (Å²) in [5.41, 5.74) is 2.22. The van der Waals surface area contributed by atoms with Crippen LogP contribution in [0.5, 0.6) is 0 Å². The number of rotatable bonds is 4. The number of fused-ring (bicyclic) bond motifs is 1. The van der Waals surface area contributed by atoms with Crippen LogP contribution in [-0.4, -0.2) is 10.1 Å². The molecule has 100 valence electrons. The maximum absolute atomic E-state index is 10.5. The van der Waals surface area contributed by atoms with Gasteiger partial charge in [0.25, 0.3) is 0 Å². The molecule has 0 saturated carbocycles. The maximum Gasteiger partial charge on any atom is 0.0799 e. The number of aryl methyl sites for hydroxylation is 1. The highest BCUT2D eigenvalue weighted by Gasteiger charge is 2.11. The number of aliphatic hydroxyl groups excluding tert-OH is 1. The van der Waals surface area contributed by atoms with Crippen LogP contribution in [0.15, 0.2) is 67.0 Å². The first-order chi connectivity index (χ1) is 9.84. The lowest BCUT2D eigenvalue weighted by molar-refractivity contribution is 0.169. The van der Waals surface area contributed by atoms with E-state index in [0.717, 1.165) is 29.2 Å². The fourth-order valence-electron chi connectivity index (χ4n) is 2.53. The molecule has 1 atom stereocenters. The molecule has 1 N–H and O–H groups in total. The van der Waals surface area contributed by atoms with Crippen molar-refractivity contribution in [3.8, 4) is 0 Å². The number of aliphatic hydroxyl groups is 1. The van der Waals surface area contributed by atoms with Crippen LogP contribution in [-0.2, 0) is 6.42 Å². The van der Waals surface area contributed by atoms with Gasteiger partial charge in [-0.2, -0.15) is 0 Å². The van der Waals surface area contributed by atoms with E-state index >= 15 is 0 Å². The van der Waals surface area contributed by atoms with Crippen molar-refractivity contribution in [2.45, 2.75) is 18.9 Å². The lowest BCUT2D eigenvalue weighted by atomic mass is 9.97. The number of hydrogen-bond acceptors (Lipinski definition) is 2. The zero-order valence-electron chi connectivity index (χ0n) is 11.2. The zero-order valence-corrected chi connectivity index (χ0v) is 11.2. The van der Waals surface area contributed by atoms with Crippen molar-refractivity contribution in [2.24, 2.45) is 0 Å². The molecular weight excluding hydrogens is 246 g/mol. The van der Waals surface area contributed by atoms with Gasteiger partial charge in [-0.1, -0.05) is 48.5 Å². The van der Waals surface area contributed by atoms with Gasteiger partial charge in [0.15, 0.2) is 0 Å². The Bertz CT molecular complexity index is 689. The van der Waals surface area contributed by atoms with Gasteiger partial charge in [0.05, 0.1) is 6.10 Å². The molecule has 1 heterocycles. The Morgan fingerprint density at radius 1 is 0.950 bits per heavy atom. The van der Waals surface area contributed by atoms with Crippen LogP contribution in [0.2, 0.25) is 0 Å². The van der Waals surface area contributed by atoms with Gasteiger partial charge in [0.2, 0.25) is 0 Å². The van der Waals surface area contributed by atoms with Crippen molar-refractivity contribution >= 4 is 10.8 Å². The lowest BCUT2D eigenvalue weighted by Crippen LogP contribution is -2.00. The van der Waals surface area contributed by atoms with Crippen molar-refractivity contribution in [3.05, 3.63) is 78.1 Å². The molecule has 0 radical (unpaired) electrons. The quantitative estimate of drug-likeness (QED) is 0.774. The summed E-state index contributed by atoms with van der Waals surface area (Å²) in [6, 6.07) is 18.3. The minimum atomic E-state index is -0.455. The van der Waals surface area contributed by atoms with E-state index in [9.17, 15) is 5.11 Å². The third-order valence-electron chi connectivity index (χ3n) is 3.63. The Kier molecular flexibility index (Phi) is 3.75. The van der Waals surface area contributed by atoms with Crippen LogP contribution in [0.1, 0.15) is 23.7 Å². The van der Waals surface area contributed by atoms with Crippen LogP contribution >= 0.6 is 0 Å². The van der Waals surface area contributed by atoms with Gasteiger partial charge in [0.1, 0.15) is 0 Å². The molecule has 2 heteroatoms. The monoisotopic (exact) mass is 263 g/mol. The van der Waals surface area contributed by atoms with Crippen LogP contribution in [0.3, 0.4) is 0 Å². The Labute approximate surface area is 118 Å². The van der Waals surface area contributed by atoms with Gasteiger partial charge < -0.3 is 5.11 Å². The average Bonchev–Trinajstić information content (AvgIpc) is 2.53. The van der Waals surface area contributed by atoms with E-state index in [1.54, 1.807) is 6.20 Å². The smallest absolute Gasteiger partial charge is 0.0799 e. The van der Waals surface area contributed by atoms with Crippen LogP contribution in [0.4, 0.5) is 0 Å². The molecule has 0 fully saturated rings. The van der Waals surface area contributed by atoms with E-state index in [1.165, 1.54) is 5.56 Å². The molecule has 3 rings (SSSR count). The number of benzene rings is 2. The standard InChI is InChI=1S/C18H17NO/c20-18(10-9-14-5-2-1-3-6-14)16-8-4-7-15-11-12-19-13-17(15)16/h1-8,11-13,18,20H,9-10H2. The fraction of sp³-hybridized carbons (Fsp3) is 0.167. The van der Waals surface area contributed by atoms with Gasteiger partial charge in [-0.05, 0) is 35.4 Å². The van der Waals surface area contributed by atoms with E-state index in [1.807, 2.05) is 48.7 Å². The van der Waals surface area contributed by atoms with Crippen LogP contribution < -0.4 is 0 Å². The second-order valence-corrected chi connectivity index (χ2v) is 4.98. The fourth-order valence-corrected chi connectivity index (χ4v) is 2.53. The SMILES string of the molecule is OC(CCc1ccccc1)c1cccc2ccncc12. The molecule has 0 aliphatic carbocycles. The van der Waals surface area contributed by atoms with Gasteiger partial charge in [0, 0.05) is 17.8 Å². The Balaban J connectivity index is 1.80. The number of hydrogen-bond donors (Lipinski definition) is 1. The molecule has 2 nitrogen and oxygen atoms in total. The molecule has 1 aromatic heterocycles. The molecule has 0 saturated heterocycles. The van der Waals surface area contributed by atoms with Crippen molar-refractivity contribution in [1.29, 1.82) is 0 Å². The molecule has 0 aliphatic rings. The van der Waals surface area contributed by atoms with Gasteiger partial charge in [-0.3, -0.25) is 4.98 Å². The summed E-state index contributed by atoms with van der Waals surface area (Å²) in [4.78, 5) is 4.16. The first-order valence-electron chi connectivity index (χ1n) is 6.89. The number of pyridine rings is 1. The largest absolute Gasteiger partial charge is 0.388 e. The van der Waals surface area contributed by atoms with Gasteiger partial charge in [-0.25, -0.2) is 0 Å². The third kappa shape index (κ3) is 2.70. The Morgan fingerprint density at radius 3 is 2.65 bits per heavy atom. The summed E-state index contributed by atoms with van der Waals surface area (Å²) < 4.78 is 0. The summed E-state index contributed by atoms with van der Waals surface area (Å²) in [5.74, 6) is 0. The molecular formula is C18H17NO. The summed E-state index contributed by atoms with van der Waals surface area (Å²) in [5, 5.41) is 12.6. The second-order valence-electron chi connectivity index (χ2n) is 4.98. The number of nitrogens with zero attached hydrogens (tertiary/aromatic N) is 1. The molecule has 1 unspecified atom stereocenters. The molecule has 0 amide bonds. The van der Waals surface area contributed by atoms with Crippen molar-refractivity contribution < 1.29 is 5.11 Å². The lowest BCUT2D eigenvalue weighted by Gasteiger charge is -2.13. The summed E-state index contributed by atoms with van der Waals surface area (Å²) >= 11 is 0. The van der Waals surface area contributed by atoms with Crippen LogP contribution in [0, 0.1) is 0 Å². The number of aromatic nitrogens is 1. The summed E-state index contributed by atoms with van der Waals surface area (Å²) in [6.45, 7) is 0. The van der Waals surface area contributed by atoms with E-state index in [2.05, 4.69) is 17.1 Å².